The highest BCUT2D eigenvalue weighted by Gasteiger charge is 2.10. The summed E-state index contributed by atoms with van der Waals surface area (Å²) in [5.41, 5.74) is 8.72. The molecule has 160 valence electrons. The lowest BCUT2D eigenvalue weighted by molar-refractivity contribution is 0.186. The molecule has 0 radical (unpaired) electrons. The van der Waals surface area contributed by atoms with Crippen LogP contribution in [0.5, 0.6) is 11.6 Å². The molecule has 0 spiro atoms. The highest BCUT2D eigenvalue weighted by Crippen LogP contribution is 2.25. The van der Waals surface area contributed by atoms with Gasteiger partial charge in [-0.25, -0.2) is 14.2 Å². The molecule has 1 atom stereocenters. The first-order valence-corrected chi connectivity index (χ1v) is 9.42. The number of primary amides is 1. The average Bonchev–Trinajstić information content (AvgIpc) is 3.19. The molecule has 3 N–H and O–H groups in total. The number of halogens is 1. The molecule has 0 bridgehead atoms. The third-order valence-corrected chi connectivity index (χ3v) is 4.43. The van der Waals surface area contributed by atoms with Crippen LogP contribution in [-0.2, 0) is 19.4 Å². The number of benzene rings is 1. The van der Waals surface area contributed by atoms with Gasteiger partial charge in [-0.3, -0.25) is 0 Å². The molecule has 1 aromatic heterocycles. The van der Waals surface area contributed by atoms with Crippen molar-refractivity contribution in [3.05, 3.63) is 53.2 Å². The number of aryl methyl sites for hydroxylation is 2. The van der Waals surface area contributed by atoms with E-state index in [0.717, 1.165) is 11.3 Å². The van der Waals surface area contributed by atoms with Crippen LogP contribution in [-0.4, -0.2) is 30.9 Å². The van der Waals surface area contributed by atoms with Crippen LogP contribution in [0, 0.1) is 0 Å². The molecule has 3 rings (SSSR count). The van der Waals surface area contributed by atoms with Crippen LogP contribution in [0.15, 0.2) is 36.5 Å². The van der Waals surface area contributed by atoms with E-state index in [0.29, 0.717) is 18.8 Å². The summed E-state index contributed by atoms with van der Waals surface area (Å²) < 4.78 is 23.3. The first-order chi connectivity index (χ1) is 13.5. The van der Waals surface area contributed by atoms with E-state index in [9.17, 15) is 9.18 Å². The molecule has 0 aliphatic heterocycles. The molecule has 1 aliphatic carbocycles. The number of carbonyl (C=O) groups is 1. The third kappa shape index (κ3) is 8.37. The van der Waals surface area contributed by atoms with Gasteiger partial charge in [0.15, 0.2) is 0 Å². The van der Waals surface area contributed by atoms with Gasteiger partial charge in [0, 0.05) is 18.8 Å². The van der Waals surface area contributed by atoms with E-state index in [2.05, 4.69) is 22.4 Å². The lowest BCUT2D eigenvalue weighted by Crippen LogP contribution is -2.28. The number of aromatic nitrogens is 1. The van der Waals surface area contributed by atoms with Gasteiger partial charge in [0.2, 0.25) is 5.88 Å². The minimum Gasteiger partial charge on any atom is -0.497 e. The Labute approximate surface area is 172 Å². The van der Waals surface area contributed by atoms with E-state index in [1.165, 1.54) is 36.6 Å². The van der Waals surface area contributed by atoms with Crippen molar-refractivity contribution in [2.75, 3.05) is 13.7 Å². The van der Waals surface area contributed by atoms with E-state index in [-0.39, 0.29) is 14.0 Å². The molecule has 7 heteroatoms. The van der Waals surface area contributed by atoms with Crippen molar-refractivity contribution < 1.29 is 18.7 Å². The van der Waals surface area contributed by atoms with Gasteiger partial charge in [-0.15, -0.1) is 0 Å². The molecule has 2 amide bonds. The number of amides is 2. The van der Waals surface area contributed by atoms with Gasteiger partial charge < -0.3 is 20.5 Å². The van der Waals surface area contributed by atoms with Crippen molar-refractivity contribution in [1.29, 1.82) is 0 Å². The molecule has 6 nitrogen and oxygen atoms in total. The van der Waals surface area contributed by atoms with E-state index >= 15 is 0 Å². The fourth-order valence-corrected chi connectivity index (χ4v) is 2.80. The SMILES string of the molecule is C.CCC(F)COc1cc(CNC(N)=O)ccn1.COc1ccc2c(c1)CCC2. The molecule has 1 aliphatic rings. The maximum atomic E-state index is 12.9. The summed E-state index contributed by atoms with van der Waals surface area (Å²) in [5.74, 6) is 1.33. The number of carbonyl (C=O) groups excluding carboxylic acids is 1. The molecule has 1 aromatic carbocycles. The zero-order valence-corrected chi connectivity index (χ0v) is 16.4. The van der Waals surface area contributed by atoms with Crippen LogP contribution in [0.1, 0.15) is 43.9 Å². The number of alkyl halides is 1. The maximum absolute atomic E-state index is 12.9. The predicted molar refractivity (Wildman–Crippen MR) is 113 cm³/mol. The monoisotopic (exact) mass is 405 g/mol. The fourth-order valence-electron chi connectivity index (χ4n) is 2.80. The molecule has 0 fully saturated rings. The Morgan fingerprint density at radius 3 is 2.72 bits per heavy atom. The van der Waals surface area contributed by atoms with Crippen LogP contribution in [0.2, 0.25) is 0 Å². The number of nitrogens with one attached hydrogen (secondary N) is 1. The molecule has 0 saturated carbocycles. The van der Waals surface area contributed by atoms with E-state index < -0.39 is 12.2 Å². The summed E-state index contributed by atoms with van der Waals surface area (Å²) in [6.07, 6.45) is 4.73. The molecule has 1 heterocycles. The van der Waals surface area contributed by atoms with E-state index in [1.54, 1.807) is 26.2 Å². The van der Waals surface area contributed by atoms with Gasteiger partial charge >= 0.3 is 6.03 Å². The Morgan fingerprint density at radius 1 is 1.28 bits per heavy atom. The number of ether oxygens (including phenoxy) is 2. The van der Waals surface area contributed by atoms with Crippen LogP contribution in [0.4, 0.5) is 9.18 Å². The van der Waals surface area contributed by atoms with Crippen molar-refractivity contribution in [2.24, 2.45) is 5.73 Å². The highest BCUT2D eigenvalue weighted by molar-refractivity contribution is 5.71. The van der Waals surface area contributed by atoms with Crippen molar-refractivity contribution >= 4 is 6.03 Å². The predicted octanol–water partition coefficient (Wildman–Crippen LogP) is 4.20. The zero-order chi connectivity index (χ0) is 20.4. The van der Waals surface area contributed by atoms with Gasteiger partial charge in [0.1, 0.15) is 18.5 Å². The Bertz CT molecular complexity index is 771. The Morgan fingerprint density at radius 2 is 2.03 bits per heavy atom. The minimum atomic E-state index is -0.996. The number of nitrogens with zero attached hydrogens (tertiary/aromatic N) is 1. The summed E-state index contributed by atoms with van der Waals surface area (Å²) in [7, 11) is 1.72. The largest absolute Gasteiger partial charge is 0.497 e. The molecular weight excluding hydrogens is 373 g/mol. The number of urea groups is 1. The first kappa shape index (κ1) is 24.2. The lowest BCUT2D eigenvalue weighted by atomic mass is 10.1. The van der Waals surface area contributed by atoms with Crippen LogP contribution in [0.3, 0.4) is 0 Å². The molecule has 0 saturated heterocycles. The number of fused-ring (bicyclic) bond motifs is 1. The van der Waals surface area contributed by atoms with Gasteiger partial charge in [-0.2, -0.15) is 0 Å². The smallest absolute Gasteiger partial charge is 0.312 e. The maximum Gasteiger partial charge on any atom is 0.312 e. The van der Waals surface area contributed by atoms with E-state index in [1.807, 2.05) is 6.07 Å². The van der Waals surface area contributed by atoms with Gasteiger partial charge in [-0.05, 0) is 60.6 Å². The standard InChI is InChI=1S/C11H16FN3O2.C10H12O.CH4/c1-2-9(12)7-17-10-5-8(3-4-14-10)6-15-11(13)16;1-11-10-6-5-8-3-2-4-9(8)7-10;/h3-5,9H,2,6-7H2,1H3,(H3,13,15,16);5-7H,2-4H2,1H3;1H4. The second kappa shape index (κ2) is 12.6. The third-order valence-electron chi connectivity index (χ3n) is 4.43. The van der Waals surface area contributed by atoms with Crippen molar-refractivity contribution in [1.82, 2.24) is 10.3 Å². The molecule has 1 unspecified atom stereocenters. The first-order valence-electron chi connectivity index (χ1n) is 9.42. The molecule has 2 aromatic rings. The van der Waals surface area contributed by atoms with Crippen molar-refractivity contribution in [3.63, 3.8) is 0 Å². The summed E-state index contributed by atoms with van der Waals surface area (Å²) in [5, 5.41) is 2.45. The number of hydrogen-bond acceptors (Lipinski definition) is 4. The number of rotatable bonds is 7. The Balaban J connectivity index is 0.000000302. The number of pyridine rings is 1. The van der Waals surface area contributed by atoms with Crippen LogP contribution >= 0.6 is 0 Å². The van der Waals surface area contributed by atoms with E-state index in [4.69, 9.17) is 15.2 Å². The summed E-state index contributed by atoms with van der Waals surface area (Å²) in [6.45, 7) is 2.02. The summed E-state index contributed by atoms with van der Waals surface area (Å²) in [6, 6.07) is 9.14. The molecule has 29 heavy (non-hydrogen) atoms. The second-order valence-electron chi connectivity index (χ2n) is 6.52. The highest BCUT2D eigenvalue weighted by atomic mass is 19.1. The van der Waals surface area contributed by atoms with Crippen LogP contribution < -0.4 is 20.5 Å². The second-order valence-corrected chi connectivity index (χ2v) is 6.52. The average molecular weight is 406 g/mol. The lowest BCUT2D eigenvalue weighted by Gasteiger charge is -2.09. The normalized spacial score (nSPS) is 12.5. The number of methoxy groups -OCH3 is 1. The molecular formula is C22H32FN3O3. The fraction of sp³-hybridized carbons (Fsp3) is 0.455. The van der Waals surface area contributed by atoms with Gasteiger partial charge in [0.25, 0.3) is 0 Å². The Kier molecular flexibility index (Phi) is 10.5. The Hall–Kier alpha value is -2.83. The number of nitrogens with two attached hydrogens (primary N) is 1. The zero-order valence-electron chi connectivity index (χ0n) is 16.4. The topological polar surface area (TPSA) is 86.5 Å². The van der Waals surface area contributed by atoms with Gasteiger partial charge in [-0.1, -0.05) is 20.4 Å². The van der Waals surface area contributed by atoms with Gasteiger partial charge in [0.05, 0.1) is 7.11 Å². The van der Waals surface area contributed by atoms with Crippen LogP contribution in [0.25, 0.3) is 0 Å². The summed E-state index contributed by atoms with van der Waals surface area (Å²) >= 11 is 0. The summed E-state index contributed by atoms with van der Waals surface area (Å²) in [4.78, 5) is 14.5. The number of hydrogen-bond donors (Lipinski definition) is 2. The van der Waals surface area contributed by atoms with Crippen molar-refractivity contribution in [2.45, 2.75) is 52.8 Å². The minimum absolute atomic E-state index is 0. The van der Waals surface area contributed by atoms with Crippen molar-refractivity contribution in [3.8, 4) is 11.6 Å². The quantitative estimate of drug-likeness (QED) is 0.723.